The third-order valence-corrected chi connectivity index (χ3v) is 8.27. The fraction of sp³-hybridized carbons (Fsp3) is 0.560. The zero-order valence-corrected chi connectivity index (χ0v) is 22.6. The SMILES string of the molecule is CC(C)S(=O)(=O)Nc1cc(F)ccc1Oc1cncnc1N1CC2(CCN(C(=O)OC(C)(C)C)CC2)C1. The summed E-state index contributed by atoms with van der Waals surface area (Å²) in [5, 5.41) is -0.710. The smallest absolute Gasteiger partial charge is 0.410 e. The quantitative estimate of drug-likeness (QED) is 0.579. The van der Waals surface area contributed by atoms with Crippen LogP contribution in [0, 0.1) is 11.2 Å². The van der Waals surface area contributed by atoms with Crippen LogP contribution >= 0.6 is 0 Å². The van der Waals surface area contributed by atoms with E-state index in [9.17, 15) is 17.6 Å². The first kappa shape index (κ1) is 26.9. The van der Waals surface area contributed by atoms with Crippen LogP contribution in [0.3, 0.4) is 0 Å². The number of hydrogen-bond acceptors (Lipinski definition) is 8. The Hall–Kier alpha value is -3.15. The van der Waals surface area contributed by atoms with Gasteiger partial charge in [0.2, 0.25) is 10.0 Å². The number of benzene rings is 1. The van der Waals surface area contributed by atoms with Crippen molar-refractivity contribution in [1.29, 1.82) is 0 Å². The maximum Gasteiger partial charge on any atom is 0.410 e. The van der Waals surface area contributed by atoms with Gasteiger partial charge in [0.15, 0.2) is 17.3 Å². The Bertz CT molecular complexity index is 1250. The fourth-order valence-corrected chi connectivity index (χ4v) is 5.10. The van der Waals surface area contributed by atoms with Crippen LogP contribution in [0.4, 0.5) is 20.7 Å². The number of nitrogens with one attached hydrogen (secondary N) is 1. The molecule has 2 aliphatic heterocycles. The minimum absolute atomic E-state index is 0.00176. The second kappa shape index (κ2) is 9.96. The zero-order valence-electron chi connectivity index (χ0n) is 21.8. The van der Waals surface area contributed by atoms with Gasteiger partial charge in [0, 0.05) is 37.7 Å². The monoisotopic (exact) mass is 535 g/mol. The van der Waals surface area contributed by atoms with E-state index in [2.05, 4.69) is 19.6 Å². The van der Waals surface area contributed by atoms with E-state index in [1.54, 1.807) is 4.90 Å². The summed E-state index contributed by atoms with van der Waals surface area (Å²) in [6.45, 7) is 11.4. The Kier molecular flexibility index (Phi) is 7.24. The lowest BCUT2D eigenvalue weighted by Crippen LogP contribution is -2.61. The van der Waals surface area contributed by atoms with E-state index in [1.165, 1.54) is 38.5 Å². The minimum atomic E-state index is -3.72. The Balaban J connectivity index is 1.44. The van der Waals surface area contributed by atoms with E-state index < -0.39 is 26.7 Å². The molecule has 3 heterocycles. The van der Waals surface area contributed by atoms with E-state index in [0.717, 1.165) is 32.0 Å². The number of likely N-dealkylation sites (tertiary alicyclic amines) is 1. The van der Waals surface area contributed by atoms with Crippen LogP contribution < -0.4 is 14.4 Å². The molecule has 10 nitrogen and oxygen atoms in total. The average molecular weight is 536 g/mol. The summed E-state index contributed by atoms with van der Waals surface area (Å²) < 4.78 is 52.7. The minimum Gasteiger partial charge on any atom is -0.450 e. The van der Waals surface area contributed by atoms with Gasteiger partial charge >= 0.3 is 6.09 Å². The van der Waals surface area contributed by atoms with Crippen molar-refractivity contribution in [3.05, 3.63) is 36.5 Å². The van der Waals surface area contributed by atoms with Crippen molar-refractivity contribution in [2.24, 2.45) is 5.41 Å². The Labute approximate surface area is 217 Å². The van der Waals surface area contributed by atoms with Gasteiger partial charge in [-0.25, -0.2) is 27.6 Å². The molecular formula is C25H34FN5O5S. The molecular weight excluding hydrogens is 501 g/mol. The standard InChI is InChI=1S/C25H34FN5O5S/c1-17(2)37(33,34)29-19-12-18(26)6-7-20(19)35-21-13-27-16-28-22(21)31-14-25(15-31)8-10-30(11-9-25)23(32)36-24(3,4)5/h6-7,12-13,16-17,29H,8-11,14-15H2,1-5H3. The largest absolute Gasteiger partial charge is 0.450 e. The Morgan fingerprint density at radius 2 is 1.84 bits per heavy atom. The average Bonchev–Trinajstić information content (AvgIpc) is 2.78. The number of anilines is 2. The van der Waals surface area contributed by atoms with Gasteiger partial charge in [0.25, 0.3) is 0 Å². The summed E-state index contributed by atoms with van der Waals surface area (Å²) in [5.41, 5.74) is -0.464. The molecule has 0 saturated carbocycles. The van der Waals surface area contributed by atoms with Gasteiger partial charge in [0.05, 0.1) is 17.1 Å². The van der Waals surface area contributed by atoms with Gasteiger partial charge in [0.1, 0.15) is 17.7 Å². The van der Waals surface area contributed by atoms with Crippen molar-refractivity contribution in [3.8, 4) is 11.5 Å². The molecule has 12 heteroatoms. The van der Waals surface area contributed by atoms with E-state index in [4.69, 9.17) is 9.47 Å². The van der Waals surface area contributed by atoms with Gasteiger partial charge in [-0.3, -0.25) is 4.72 Å². The number of halogens is 1. The van der Waals surface area contributed by atoms with Crippen LogP contribution in [0.5, 0.6) is 11.5 Å². The van der Waals surface area contributed by atoms with Crippen molar-refractivity contribution < 1.29 is 27.1 Å². The van der Waals surface area contributed by atoms with Crippen molar-refractivity contribution in [2.75, 3.05) is 35.8 Å². The third kappa shape index (κ3) is 6.23. The van der Waals surface area contributed by atoms with Gasteiger partial charge in [-0.1, -0.05) is 0 Å². The molecule has 202 valence electrons. The van der Waals surface area contributed by atoms with Gasteiger partial charge < -0.3 is 19.3 Å². The molecule has 37 heavy (non-hydrogen) atoms. The van der Waals surface area contributed by atoms with E-state index in [0.29, 0.717) is 24.7 Å². The van der Waals surface area contributed by atoms with Crippen molar-refractivity contribution in [3.63, 3.8) is 0 Å². The van der Waals surface area contributed by atoms with E-state index >= 15 is 0 Å². The molecule has 1 amide bonds. The number of amides is 1. The zero-order chi connectivity index (χ0) is 27.0. The first-order valence-corrected chi connectivity index (χ1v) is 13.8. The van der Waals surface area contributed by atoms with Crippen LogP contribution in [0.2, 0.25) is 0 Å². The molecule has 2 aliphatic rings. The third-order valence-electron chi connectivity index (χ3n) is 6.52. The maximum atomic E-state index is 13.9. The van der Waals surface area contributed by atoms with Crippen molar-refractivity contribution in [1.82, 2.24) is 14.9 Å². The second-order valence-electron chi connectivity index (χ2n) is 11.0. The number of sulfonamides is 1. The topological polar surface area (TPSA) is 114 Å². The number of carbonyl (C=O) groups excluding carboxylic acids is 1. The molecule has 1 N–H and O–H groups in total. The lowest BCUT2D eigenvalue weighted by atomic mass is 9.72. The highest BCUT2D eigenvalue weighted by molar-refractivity contribution is 7.93. The molecule has 1 aromatic heterocycles. The van der Waals surface area contributed by atoms with Gasteiger partial charge in [-0.2, -0.15) is 0 Å². The number of piperidine rings is 1. The Morgan fingerprint density at radius 3 is 2.46 bits per heavy atom. The van der Waals surface area contributed by atoms with Crippen molar-refractivity contribution in [2.45, 2.75) is 58.3 Å². The normalized spacial score (nSPS) is 17.5. The van der Waals surface area contributed by atoms with Gasteiger partial charge in [-0.05, 0) is 59.6 Å². The predicted molar refractivity (Wildman–Crippen MR) is 138 cm³/mol. The first-order chi connectivity index (χ1) is 17.3. The van der Waals surface area contributed by atoms with Crippen LogP contribution in [0.25, 0.3) is 0 Å². The lowest BCUT2D eigenvalue weighted by Gasteiger charge is -2.54. The summed E-state index contributed by atoms with van der Waals surface area (Å²) in [5.74, 6) is 0.445. The van der Waals surface area contributed by atoms with Crippen LogP contribution in [0.1, 0.15) is 47.5 Å². The molecule has 2 saturated heterocycles. The molecule has 0 unspecified atom stereocenters. The molecule has 0 bridgehead atoms. The van der Waals surface area contributed by atoms with Crippen LogP contribution in [-0.2, 0) is 14.8 Å². The predicted octanol–water partition coefficient (Wildman–Crippen LogP) is 4.40. The molecule has 0 aliphatic carbocycles. The fourth-order valence-electron chi connectivity index (χ4n) is 4.40. The summed E-state index contributed by atoms with van der Waals surface area (Å²) in [6, 6.07) is 3.65. The van der Waals surface area contributed by atoms with Crippen molar-refractivity contribution >= 4 is 27.6 Å². The highest BCUT2D eigenvalue weighted by Crippen LogP contribution is 2.45. The van der Waals surface area contributed by atoms with E-state index in [-0.39, 0.29) is 22.9 Å². The van der Waals surface area contributed by atoms with Crippen LogP contribution in [-0.4, -0.2) is 66.4 Å². The number of carbonyl (C=O) groups is 1. The maximum absolute atomic E-state index is 13.9. The van der Waals surface area contributed by atoms with E-state index in [1.807, 2.05) is 20.8 Å². The molecule has 1 spiro atoms. The molecule has 0 atom stereocenters. The second-order valence-corrected chi connectivity index (χ2v) is 13.2. The van der Waals surface area contributed by atoms with Crippen LogP contribution in [0.15, 0.2) is 30.7 Å². The molecule has 2 fully saturated rings. The summed E-state index contributed by atoms with van der Waals surface area (Å²) in [4.78, 5) is 24.7. The number of ether oxygens (including phenoxy) is 2. The number of hydrogen-bond donors (Lipinski definition) is 1. The highest BCUT2D eigenvalue weighted by atomic mass is 32.2. The summed E-state index contributed by atoms with van der Waals surface area (Å²) in [7, 11) is -3.72. The van der Waals surface area contributed by atoms with Gasteiger partial charge in [-0.15, -0.1) is 0 Å². The number of rotatable bonds is 6. The molecule has 2 aromatic rings. The number of aromatic nitrogens is 2. The number of nitrogens with zero attached hydrogens (tertiary/aromatic N) is 4. The summed E-state index contributed by atoms with van der Waals surface area (Å²) >= 11 is 0. The summed E-state index contributed by atoms with van der Waals surface area (Å²) in [6.07, 6.45) is 4.34. The lowest BCUT2D eigenvalue weighted by molar-refractivity contribution is 0.00586. The molecule has 4 rings (SSSR count). The Morgan fingerprint density at radius 1 is 1.16 bits per heavy atom. The first-order valence-electron chi connectivity index (χ1n) is 12.3. The highest BCUT2D eigenvalue weighted by Gasteiger charge is 2.47. The molecule has 1 aromatic carbocycles. The molecule has 0 radical (unpaired) electrons.